The van der Waals surface area contributed by atoms with Crippen molar-refractivity contribution in [1.82, 2.24) is 4.98 Å². The van der Waals surface area contributed by atoms with Crippen LogP contribution in [0.15, 0.2) is 53.9 Å². The molecule has 0 radical (unpaired) electrons. The number of hydrogen-bond donors (Lipinski definition) is 3. The summed E-state index contributed by atoms with van der Waals surface area (Å²) >= 11 is 1.31. The van der Waals surface area contributed by atoms with Crippen LogP contribution < -0.4 is 10.6 Å². The van der Waals surface area contributed by atoms with Gasteiger partial charge in [0.2, 0.25) is 0 Å². The molecule has 5 nitrogen and oxygen atoms in total. The van der Waals surface area contributed by atoms with Gasteiger partial charge in [-0.25, -0.2) is 4.98 Å². The smallest absolute Gasteiger partial charge is 0.396 e. The van der Waals surface area contributed by atoms with Crippen LogP contribution in [0.25, 0.3) is 0 Å². The van der Waals surface area contributed by atoms with Crippen molar-refractivity contribution in [2.45, 2.75) is 25.6 Å². The number of carbonyl (C=O) groups excluding carboxylic acids is 1. The van der Waals surface area contributed by atoms with Crippen molar-refractivity contribution >= 4 is 28.1 Å². The van der Waals surface area contributed by atoms with Gasteiger partial charge in [-0.1, -0.05) is 18.2 Å². The Morgan fingerprint density at radius 2 is 1.83 bits per heavy atom. The molecule has 0 aliphatic rings. The summed E-state index contributed by atoms with van der Waals surface area (Å²) in [7, 11) is 0. The molecule has 9 heteroatoms. The summed E-state index contributed by atoms with van der Waals surface area (Å²) in [5, 5.41) is 16.8. The highest BCUT2D eigenvalue weighted by atomic mass is 32.1. The number of carbonyl (C=O) groups is 1. The molecule has 3 rings (SSSR count). The molecule has 1 heterocycles. The quantitative estimate of drug-likeness (QED) is 0.468. The van der Waals surface area contributed by atoms with Crippen LogP contribution in [0.1, 0.15) is 33.6 Å². The Kier molecular flexibility index (Phi) is 7.07. The minimum Gasteiger partial charge on any atom is -0.396 e. The van der Waals surface area contributed by atoms with Crippen LogP contribution in [-0.4, -0.2) is 22.6 Å². The fourth-order valence-corrected chi connectivity index (χ4v) is 3.54. The van der Waals surface area contributed by atoms with Crippen LogP contribution in [0.5, 0.6) is 0 Å². The zero-order chi connectivity index (χ0) is 21.6. The van der Waals surface area contributed by atoms with Gasteiger partial charge in [-0.2, -0.15) is 13.2 Å². The van der Waals surface area contributed by atoms with E-state index in [1.807, 2.05) is 5.38 Å². The van der Waals surface area contributed by atoms with Gasteiger partial charge >= 0.3 is 6.18 Å². The molecule has 1 amide bonds. The predicted octanol–water partition coefficient (Wildman–Crippen LogP) is 4.95. The zero-order valence-electron chi connectivity index (χ0n) is 15.9. The van der Waals surface area contributed by atoms with E-state index in [0.29, 0.717) is 29.2 Å². The number of rotatable bonds is 8. The molecule has 0 fully saturated rings. The van der Waals surface area contributed by atoms with E-state index in [4.69, 9.17) is 5.11 Å². The summed E-state index contributed by atoms with van der Waals surface area (Å²) in [6, 6.07) is 11.9. The molecule has 0 saturated carbocycles. The van der Waals surface area contributed by atoms with Crippen LogP contribution >= 0.6 is 11.3 Å². The van der Waals surface area contributed by atoms with Crippen molar-refractivity contribution in [3.63, 3.8) is 0 Å². The van der Waals surface area contributed by atoms with Gasteiger partial charge in [0, 0.05) is 29.8 Å². The maximum Gasteiger partial charge on any atom is 0.416 e. The summed E-state index contributed by atoms with van der Waals surface area (Å²) in [6.45, 7) is 0.0956. The molecule has 0 bridgehead atoms. The van der Waals surface area contributed by atoms with Crippen LogP contribution in [0, 0.1) is 0 Å². The number of nitrogens with one attached hydrogen (secondary N) is 2. The molecule has 0 saturated heterocycles. The standard InChI is InChI=1S/C21H20F3N3O2S/c22-21(23,24)18-6-2-1-4-15(18)12-25-16-9-7-14(8-10-16)19(29)27-20-26-17(13-30-20)5-3-11-28/h1-2,4,6-10,13,25,28H,3,5,11-12H2,(H,26,27,29). The highest BCUT2D eigenvalue weighted by molar-refractivity contribution is 7.14. The van der Waals surface area contributed by atoms with Gasteiger partial charge in [0.15, 0.2) is 5.13 Å². The molecule has 0 spiro atoms. The Morgan fingerprint density at radius 1 is 1.10 bits per heavy atom. The predicted molar refractivity (Wildman–Crippen MR) is 111 cm³/mol. The first-order valence-electron chi connectivity index (χ1n) is 9.22. The van der Waals surface area contributed by atoms with Crippen molar-refractivity contribution in [3.05, 3.63) is 76.3 Å². The molecule has 0 aliphatic heterocycles. The lowest BCUT2D eigenvalue weighted by atomic mass is 10.1. The van der Waals surface area contributed by atoms with Crippen LogP contribution in [-0.2, 0) is 19.1 Å². The number of anilines is 2. The minimum atomic E-state index is -4.41. The molecule has 1 aromatic heterocycles. The van der Waals surface area contributed by atoms with Crippen molar-refractivity contribution < 1.29 is 23.1 Å². The summed E-state index contributed by atoms with van der Waals surface area (Å²) in [6.07, 6.45) is -3.16. The second-order valence-corrected chi connectivity index (χ2v) is 7.37. The molecule has 0 aliphatic carbocycles. The van der Waals surface area contributed by atoms with E-state index < -0.39 is 11.7 Å². The molecule has 30 heavy (non-hydrogen) atoms. The SMILES string of the molecule is O=C(Nc1nc(CCCO)cs1)c1ccc(NCc2ccccc2C(F)(F)F)cc1. The topological polar surface area (TPSA) is 74.2 Å². The Labute approximate surface area is 175 Å². The van der Waals surface area contributed by atoms with E-state index in [9.17, 15) is 18.0 Å². The lowest BCUT2D eigenvalue weighted by molar-refractivity contribution is -0.138. The van der Waals surface area contributed by atoms with E-state index in [2.05, 4.69) is 15.6 Å². The molecule has 0 atom stereocenters. The summed E-state index contributed by atoms with van der Waals surface area (Å²) in [5.74, 6) is -0.327. The summed E-state index contributed by atoms with van der Waals surface area (Å²) in [4.78, 5) is 16.6. The first kappa shape index (κ1) is 21.8. The zero-order valence-corrected chi connectivity index (χ0v) is 16.7. The third-order valence-electron chi connectivity index (χ3n) is 4.32. The van der Waals surface area contributed by atoms with Crippen LogP contribution in [0.4, 0.5) is 24.0 Å². The van der Waals surface area contributed by atoms with Crippen molar-refractivity contribution in [3.8, 4) is 0 Å². The third-order valence-corrected chi connectivity index (χ3v) is 5.12. The van der Waals surface area contributed by atoms with Crippen LogP contribution in [0.2, 0.25) is 0 Å². The van der Waals surface area contributed by atoms with Crippen molar-refractivity contribution in [2.24, 2.45) is 0 Å². The Bertz CT molecular complexity index is 988. The second kappa shape index (κ2) is 9.73. The highest BCUT2D eigenvalue weighted by Gasteiger charge is 2.32. The second-order valence-electron chi connectivity index (χ2n) is 6.51. The lowest BCUT2D eigenvalue weighted by Gasteiger charge is -2.14. The van der Waals surface area contributed by atoms with Gasteiger partial charge in [-0.3, -0.25) is 10.1 Å². The molecule has 2 aromatic carbocycles. The first-order valence-corrected chi connectivity index (χ1v) is 10.1. The highest BCUT2D eigenvalue weighted by Crippen LogP contribution is 2.32. The number of benzene rings is 2. The number of halogens is 3. The van der Waals surface area contributed by atoms with Crippen molar-refractivity contribution in [2.75, 3.05) is 17.2 Å². The number of aliphatic hydroxyl groups excluding tert-OH is 1. The first-order chi connectivity index (χ1) is 14.4. The van der Waals surface area contributed by atoms with E-state index >= 15 is 0 Å². The average Bonchev–Trinajstić information content (AvgIpc) is 3.17. The number of aromatic nitrogens is 1. The van der Waals surface area contributed by atoms with Crippen LogP contribution in [0.3, 0.4) is 0 Å². The number of aryl methyl sites for hydroxylation is 1. The van der Waals surface area contributed by atoms with Gasteiger partial charge in [-0.15, -0.1) is 11.3 Å². The van der Waals surface area contributed by atoms with Crippen molar-refractivity contribution in [1.29, 1.82) is 0 Å². The Morgan fingerprint density at radius 3 is 2.53 bits per heavy atom. The van der Waals surface area contributed by atoms with Gasteiger partial charge in [0.05, 0.1) is 11.3 Å². The molecule has 3 N–H and O–H groups in total. The molecular weight excluding hydrogens is 415 g/mol. The van der Waals surface area contributed by atoms with Gasteiger partial charge in [-0.05, 0) is 48.7 Å². The lowest BCUT2D eigenvalue weighted by Crippen LogP contribution is -2.13. The number of thiazole rings is 1. The monoisotopic (exact) mass is 435 g/mol. The Balaban J connectivity index is 1.59. The fraction of sp³-hybridized carbons (Fsp3) is 0.238. The van der Waals surface area contributed by atoms with Gasteiger partial charge < -0.3 is 10.4 Å². The average molecular weight is 435 g/mol. The number of nitrogens with zero attached hydrogens (tertiary/aromatic N) is 1. The maximum absolute atomic E-state index is 13.1. The van der Waals surface area contributed by atoms with E-state index in [1.165, 1.54) is 23.5 Å². The van der Waals surface area contributed by atoms with Gasteiger partial charge in [0.1, 0.15) is 0 Å². The summed E-state index contributed by atoms with van der Waals surface area (Å²) in [5.41, 5.74) is 1.29. The Hall–Kier alpha value is -2.91. The number of aliphatic hydroxyl groups is 1. The number of alkyl halides is 3. The molecular formula is C21H20F3N3O2S. The normalized spacial score (nSPS) is 11.3. The molecule has 0 unspecified atom stereocenters. The molecule has 3 aromatic rings. The van der Waals surface area contributed by atoms with E-state index in [-0.39, 0.29) is 24.6 Å². The van der Waals surface area contributed by atoms with E-state index in [0.717, 1.165) is 11.8 Å². The number of amides is 1. The molecule has 158 valence electrons. The largest absolute Gasteiger partial charge is 0.416 e. The maximum atomic E-state index is 13.1. The third kappa shape index (κ3) is 5.80. The fourth-order valence-electron chi connectivity index (χ4n) is 2.80. The number of hydrogen-bond acceptors (Lipinski definition) is 5. The minimum absolute atomic E-state index is 0.0109. The van der Waals surface area contributed by atoms with Gasteiger partial charge in [0.25, 0.3) is 5.91 Å². The van der Waals surface area contributed by atoms with E-state index in [1.54, 1.807) is 30.3 Å². The summed E-state index contributed by atoms with van der Waals surface area (Å²) < 4.78 is 39.2.